The lowest BCUT2D eigenvalue weighted by atomic mass is 9.80. The molecule has 162 valence electrons. The molecule has 3 aromatic carbocycles. The summed E-state index contributed by atoms with van der Waals surface area (Å²) < 4.78 is 6.47. The van der Waals surface area contributed by atoms with Gasteiger partial charge in [0.2, 0.25) is 0 Å². The minimum Gasteiger partial charge on any atom is -0.496 e. The van der Waals surface area contributed by atoms with E-state index in [0.717, 1.165) is 36.2 Å². The van der Waals surface area contributed by atoms with Crippen molar-refractivity contribution in [1.82, 2.24) is 0 Å². The van der Waals surface area contributed by atoms with Gasteiger partial charge in [0.1, 0.15) is 23.9 Å². The number of hydrogen-bond acceptors (Lipinski definition) is 2. The van der Waals surface area contributed by atoms with E-state index in [-0.39, 0.29) is 6.04 Å². The van der Waals surface area contributed by atoms with E-state index in [1.54, 1.807) is 7.11 Å². The van der Waals surface area contributed by atoms with E-state index in [1.807, 2.05) is 24.3 Å². The molecule has 4 rings (SSSR count). The third kappa shape index (κ3) is 4.84. The Morgan fingerprint density at radius 3 is 2.00 bits per heavy atom. The summed E-state index contributed by atoms with van der Waals surface area (Å²) in [6.07, 6.45) is 3.48. The molecule has 0 aromatic heterocycles. The first-order valence-corrected chi connectivity index (χ1v) is 11.3. The lowest BCUT2D eigenvalue weighted by molar-refractivity contribution is -0.940. The van der Waals surface area contributed by atoms with Gasteiger partial charge in [-0.1, -0.05) is 72.8 Å². The molecule has 31 heavy (non-hydrogen) atoms. The molecule has 1 saturated heterocycles. The van der Waals surface area contributed by atoms with E-state index in [9.17, 15) is 5.11 Å². The lowest BCUT2D eigenvalue weighted by Crippen LogP contribution is -2.60. The first kappa shape index (κ1) is 21.6. The number of aliphatic hydroxyl groups is 1. The second-order valence-electron chi connectivity index (χ2n) is 9.26. The number of ether oxygens (including phenoxy) is 1. The van der Waals surface area contributed by atoms with E-state index in [2.05, 4.69) is 67.7 Å². The highest BCUT2D eigenvalue weighted by molar-refractivity contribution is 5.32. The summed E-state index contributed by atoms with van der Waals surface area (Å²) in [5, 5.41) is 12.3. The van der Waals surface area contributed by atoms with Crippen molar-refractivity contribution in [2.45, 2.75) is 43.9 Å². The second-order valence-corrected chi connectivity index (χ2v) is 9.26. The molecular weight excluding hydrogens is 382 g/mol. The van der Waals surface area contributed by atoms with Crippen LogP contribution in [-0.2, 0) is 19.4 Å². The van der Waals surface area contributed by atoms with Gasteiger partial charge in [0.05, 0.1) is 20.7 Å². The van der Waals surface area contributed by atoms with Crippen molar-refractivity contribution in [3.8, 4) is 5.75 Å². The Labute approximate surface area is 186 Å². The first-order valence-electron chi connectivity index (χ1n) is 11.3. The second kappa shape index (κ2) is 9.25. The van der Waals surface area contributed by atoms with Gasteiger partial charge in [0.15, 0.2) is 0 Å². The van der Waals surface area contributed by atoms with Gasteiger partial charge in [-0.25, -0.2) is 0 Å². The Morgan fingerprint density at radius 1 is 0.871 bits per heavy atom. The van der Waals surface area contributed by atoms with Crippen molar-refractivity contribution >= 4 is 0 Å². The molecule has 0 radical (unpaired) electrons. The van der Waals surface area contributed by atoms with Gasteiger partial charge in [0, 0.05) is 31.2 Å². The van der Waals surface area contributed by atoms with Gasteiger partial charge in [-0.05, 0) is 23.3 Å². The van der Waals surface area contributed by atoms with Gasteiger partial charge in [-0.2, -0.15) is 0 Å². The maximum atomic E-state index is 12.3. The molecule has 1 aliphatic rings. The highest BCUT2D eigenvalue weighted by Crippen LogP contribution is 2.39. The van der Waals surface area contributed by atoms with E-state index < -0.39 is 5.60 Å². The lowest BCUT2D eigenvalue weighted by Gasteiger charge is -2.45. The summed E-state index contributed by atoms with van der Waals surface area (Å²) in [5.41, 5.74) is 2.77. The highest BCUT2D eigenvalue weighted by Gasteiger charge is 2.51. The number of quaternary nitrogens is 1. The molecule has 1 aliphatic heterocycles. The summed E-state index contributed by atoms with van der Waals surface area (Å²) >= 11 is 0. The zero-order valence-electron chi connectivity index (χ0n) is 18.7. The molecule has 0 spiro atoms. The number of benzene rings is 3. The average molecular weight is 417 g/mol. The Morgan fingerprint density at radius 2 is 1.42 bits per heavy atom. The molecule has 2 atom stereocenters. The van der Waals surface area contributed by atoms with Crippen LogP contribution in [0.4, 0.5) is 0 Å². The van der Waals surface area contributed by atoms with Crippen LogP contribution in [0, 0.1) is 0 Å². The van der Waals surface area contributed by atoms with Crippen LogP contribution < -0.4 is 4.74 Å². The first-order chi connectivity index (χ1) is 15.0. The topological polar surface area (TPSA) is 29.5 Å². The number of likely N-dealkylation sites (tertiary alicyclic amines) is 1. The summed E-state index contributed by atoms with van der Waals surface area (Å²) in [4.78, 5) is 0. The third-order valence-electron chi connectivity index (χ3n) is 6.95. The van der Waals surface area contributed by atoms with Crippen LogP contribution in [0.3, 0.4) is 0 Å². The van der Waals surface area contributed by atoms with Crippen molar-refractivity contribution in [2.24, 2.45) is 0 Å². The summed E-state index contributed by atoms with van der Waals surface area (Å²) in [7, 11) is 4.05. The predicted molar refractivity (Wildman–Crippen MR) is 126 cm³/mol. The number of methoxy groups -OCH3 is 1. The molecule has 3 nitrogen and oxygen atoms in total. The molecule has 1 heterocycles. The fraction of sp³-hybridized carbons (Fsp3) is 0.357. The number of likely N-dealkylation sites (N-methyl/N-ethyl adjacent to an activating group) is 1. The predicted octanol–water partition coefficient (Wildman–Crippen LogP) is 5.02. The number of rotatable bonds is 8. The van der Waals surface area contributed by atoms with E-state index in [0.29, 0.717) is 12.8 Å². The maximum Gasteiger partial charge on any atom is 0.127 e. The molecule has 3 heteroatoms. The van der Waals surface area contributed by atoms with E-state index in [1.165, 1.54) is 16.7 Å². The van der Waals surface area contributed by atoms with Crippen molar-refractivity contribution in [2.75, 3.05) is 20.7 Å². The van der Waals surface area contributed by atoms with E-state index >= 15 is 0 Å². The quantitative estimate of drug-likeness (QED) is 0.523. The molecule has 0 saturated carbocycles. The summed E-state index contributed by atoms with van der Waals surface area (Å²) in [6, 6.07) is 29.3. The Kier molecular flexibility index (Phi) is 6.45. The largest absolute Gasteiger partial charge is 0.496 e. The minimum absolute atomic E-state index is 0.151. The third-order valence-corrected chi connectivity index (χ3v) is 6.95. The van der Waals surface area contributed by atoms with Gasteiger partial charge in [-0.15, -0.1) is 0 Å². The normalized spacial score (nSPS) is 21.2. The molecule has 0 amide bonds. The van der Waals surface area contributed by atoms with Crippen LogP contribution in [0.15, 0.2) is 84.9 Å². The molecule has 3 aromatic rings. The maximum absolute atomic E-state index is 12.3. The summed E-state index contributed by atoms with van der Waals surface area (Å²) in [6.45, 7) is 1.93. The van der Waals surface area contributed by atoms with Crippen molar-refractivity contribution < 1.29 is 14.3 Å². The highest BCUT2D eigenvalue weighted by atomic mass is 16.5. The summed E-state index contributed by atoms with van der Waals surface area (Å²) in [5.74, 6) is 0.933. The molecule has 1 N–H and O–H groups in total. The van der Waals surface area contributed by atoms with Crippen LogP contribution in [0.2, 0.25) is 0 Å². The van der Waals surface area contributed by atoms with Crippen LogP contribution in [0.5, 0.6) is 5.75 Å². The average Bonchev–Trinajstić information content (AvgIpc) is 3.17. The Balaban J connectivity index is 1.68. The Hall–Kier alpha value is -2.62. The SMILES string of the molecule is COc1ccccc1C[N+]1(C)CCCC1C(O)(Cc1ccccc1)Cc1ccccc1. The molecular formula is C28H34NO2+. The van der Waals surface area contributed by atoms with Crippen molar-refractivity contribution in [1.29, 1.82) is 0 Å². The molecule has 0 bridgehead atoms. The number of nitrogens with zero attached hydrogens (tertiary/aromatic N) is 1. The number of hydrogen-bond donors (Lipinski definition) is 1. The van der Waals surface area contributed by atoms with Crippen molar-refractivity contribution in [3.05, 3.63) is 102 Å². The van der Waals surface area contributed by atoms with Crippen LogP contribution in [-0.4, -0.2) is 41.9 Å². The zero-order valence-corrected chi connectivity index (χ0v) is 18.7. The fourth-order valence-corrected chi connectivity index (χ4v) is 5.57. The zero-order chi connectivity index (χ0) is 21.7. The van der Waals surface area contributed by atoms with Gasteiger partial charge in [-0.3, -0.25) is 0 Å². The monoisotopic (exact) mass is 416 g/mol. The van der Waals surface area contributed by atoms with Crippen LogP contribution in [0.25, 0.3) is 0 Å². The van der Waals surface area contributed by atoms with Gasteiger partial charge < -0.3 is 14.3 Å². The molecule has 0 aliphatic carbocycles. The van der Waals surface area contributed by atoms with Crippen LogP contribution >= 0.6 is 0 Å². The standard InChI is InChI=1S/C28H34NO2/c1-29(22-25-16-9-10-17-26(25)31-2)19-11-18-27(29)28(30,20-23-12-5-3-6-13-23)21-24-14-7-4-8-15-24/h3-10,12-17,27,30H,11,18-22H2,1-2H3/q+1. The minimum atomic E-state index is -0.823. The van der Waals surface area contributed by atoms with Gasteiger partial charge in [0.25, 0.3) is 0 Å². The van der Waals surface area contributed by atoms with Crippen LogP contribution in [0.1, 0.15) is 29.5 Å². The van der Waals surface area contributed by atoms with E-state index in [4.69, 9.17) is 4.74 Å². The van der Waals surface area contributed by atoms with Gasteiger partial charge >= 0.3 is 0 Å². The fourth-order valence-electron chi connectivity index (χ4n) is 5.57. The number of para-hydroxylation sites is 1. The smallest absolute Gasteiger partial charge is 0.127 e. The van der Waals surface area contributed by atoms with Crippen molar-refractivity contribution in [3.63, 3.8) is 0 Å². The molecule has 1 fully saturated rings. The Bertz CT molecular complexity index is 931. The molecule has 2 unspecified atom stereocenters.